The number of hydrogen-bond acceptors (Lipinski definition) is 1. The van der Waals surface area contributed by atoms with E-state index in [4.69, 9.17) is 11.6 Å². The van der Waals surface area contributed by atoms with Gasteiger partial charge in [-0.2, -0.15) is 4.57 Å². The number of rotatable bonds is 1. The van der Waals surface area contributed by atoms with Gasteiger partial charge in [-0.3, -0.25) is 0 Å². The maximum Gasteiger partial charge on any atom is 0.275 e. The Labute approximate surface area is 70.0 Å². The van der Waals surface area contributed by atoms with E-state index in [0.717, 1.165) is 5.15 Å². The molecule has 0 atom stereocenters. The summed E-state index contributed by atoms with van der Waals surface area (Å²) >= 11 is 7.53. The summed E-state index contributed by atoms with van der Waals surface area (Å²) in [5.74, 6) is 0. The van der Waals surface area contributed by atoms with Gasteiger partial charge in [0.1, 0.15) is 7.05 Å². The van der Waals surface area contributed by atoms with Crippen LogP contribution in [-0.2, 0) is 7.05 Å². The molecule has 0 fully saturated rings. The van der Waals surface area contributed by atoms with E-state index in [1.807, 2.05) is 36.1 Å². The van der Waals surface area contributed by atoms with Crippen molar-refractivity contribution in [2.45, 2.75) is 5.03 Å². The molecule has 10 heavy (non-hydrogen) atoms. The molecule has 0 aliphatic rings. The van der Waals surface area contributed by atoms with Crippen LogP contribution in [0.4, 0.5) is 0 Å². The van der Waals surface area contributed by atoms with E-state index in [9.17, 15) is 0 Å². The molecule has 1 aromatic heterocycles. The van der Waals surface area contributed by atoms with Crippen LogP contribution >= 0.6 is 23.4 Å². The van der Waals surface area contributed by atoms with E-state index in [1.165, 1.54) is 5.03 Å². The summed E-state index contributed by atoms with van der Waals surface area (Å²) < 4.78 is 1.95. The molecule has 0 spiro atoms. The van der Waals surface area contributed by atoms with E-state index in [-0.39, 0.29) is 0 Å². The van der Waals surface area contributed by atoms with Crippen molar-refractivity contribution in [2.75, 3.05) is 6.26 Å². The fourth-order valence-corrected chi connectivity index (χ4v) is 1.54. The third-order valence-electron chi connectivity index (χ3n) is 1.33. The highest BCUT2D eigenvalue weighted by Gasteiger charge is 2.06. The Morgan fingerprint density at radius 1 is 1.50 bits per heavy atom. The summed E-state index contributed by atoms with van der Waals surface area (Å²) in [6.45, 7) is 0. The number of pyridine rings is 1. The zero-order valence-electron chi connectivity index (χ0n) is 5.97. The minimum Gasteiger partial charge on any atom is -0.179 e. The van der Waals surface area contributed by atoms with Crippen molar-refractivity contribution in [1.82, 2.24) is 0 Å². The molecular formula is C7H9ClNS+. The summed E-state index contributed by atoms with van der Waals surface area (Å²) in [5, 5.41) is 1.94. The van der Waals surface area contributed by atoms with Gasteiger partial charge in [0.05, 0.1) is 0 Å². The molecule has 3 heteroatoms. The van der Waals surface area contributed by atoms with Gasteiger partial charge in [0.15, 0.2) is 0 Å². The molecule has 0 aliphatic heterocycles. The van der Waals surface area contributed by atoms with Crippen LogP contribution in [0.2, 0.25) is 5.15 Å². The molecule has 1 heterocycles. The molecule has 0 saturated heterocycles. The average Bonchev–Trinajstić information content (AvgIpc) is 1.95. The van der Waals surface area contributed by atoms with Crippen molar-refractivity contribution in [1.29, 1.82) is 0 Å². The highest BCUT2D eigenvalue weighted by atomic mass is 35.5. The SMILES string of the molecule is CSc1cccc(Cl)[n+]1C. The molecule has 0 amide bonds. The van der Waals surface area contributed by atoms with Crippen molar-refractivity contribution in [3.63, 3.8) is 0 Å². The minimum atomic E-state index is 0.770. The van der Waals surface area contributed by atoms with Crippen LogP contribution in [0.3, 0.4) is 0 Å². The first-order valence-corrected chi connectivity index (χ1v) is 4.54. The summed E-state index contributed by atoms with van der Waals surface area (Å²) in [4.78, 5) is 0. The lowest BCUT2D eigenvalue weighted by Crippen LogP contribution is -2.31. The fraction of sp³-hybridized carbons (Fsp3) is 0.286. The third-order valence-corrected chi connectivity index (χ3v) is 2.54. The van der Waals surface area contributed by atoms with Crippen LogP contribution in [0.25, 0.3) is 0 Å². The Balaban J connectivity index is 3.14. The molecule has 0 radical (unpaired) electrons. The van der Waals surface area contributed by atoms with Gasteiger partial charge in [0.25, 0.3) is 5.15 Å². The lowest BCUT2D eigenvalue weighted by molar-refractivity contribution is -0.706. The predicted molar refractivity (Wildman–Crippen MR) is 44.4 cm³/mol. The second kappa shape index (κ2) is 3.26. The van der Waals surface area contributed by atoms with E-state index < -0.39 is 0 Å². The minimum absolute atomic E-state index is 0.770. The summed E-state index contributed by atoms with van der Waals surface area (Å²) in [6.07, 6.45) is 2.03. The fourth-order valence-electron chi connectivity index (χ4n) is 0.744. The highest BCUT2D eigenvalue weighted by Crippen LogP contribution is 2.10. The van der Waals surface area contributed by atoms with Crippen LogP contribution in [0.5, 0.6) is 0 Å². The first kappa shape index (κ1) is 7.89. The number of halogens is 1. The molecular weight excluding hydrogens is 166 g/mol. The smallest absolute Gasteiger partial charge is 0.179 e. The first-order valence-electron chi connectivity index (χ1n) is 2.94. The molecule has 1 rings (SSSR count). The Bertz CT molecular complexity index is 237. The van der Waals surface area contributed by atoms with E-state index in [0.29, 0.717) is 0 Å². The van der Waals surface area contributed by atoms with E-state index >= 15 is 0 Å². The molecule has 0 N–H and O–H groups in total. The molecule has 1 aromatic rings. The van der Waals surface area contributed by atoms with Crippen LogP contribution in [0, 0.1) is 0 Å². The molecule has 1 nitrogen and oxygen atoms in total. The standard InChI is InChI=1S/C7H9ClNS/c1-9-6(8)4-3-5-7(9)10-2/h3-5H,1-2H3/q+1. The van der Waals surface area contributed by atoms with E-state index in [2.05, 4.69) is 0 Å². The summed E-state index contributed by atoms with van der Waals surface area (Å²) in [5.41, 5.74) is 0. The predicted octanol–water partition coefficient (Wildman–Crippen LogP) is 1.89. The number of thioether (sulfide) groups is 1. The van der Waals surface area contributed by atoms with Gasteiger partial charge in [-0.15, -0.1) is 0 Å². The van der Waals surface area contributed by atoms with Crippen LogP contribution in [0.1, 0.15) is 0 Å². The molecule has 0 bridgehead atoms. The first-order chi connectivity index (χ1) is 4.75. The van der Waals surface area contributed by atoms with Crippen molar-refractivity contribution >= 4 is 23.4 Å². The maximum atomic E-state index is 5.84. The van der Waals surface area contributed by atoms with Gasteiger partial charge < -0.3 is 0 Å². The Morgan fingerprint density at radius 3 is 2.70 bits per heavy atom. The quantitative estimate of drug-likeness (QED) is 0.357. The molecule has 0 unspecified atom stereocenters. The number of aromatic nitrogens is 1. The van der Waals surface area contributed by atoms with Gasteiger partial charge in [0, 0.05) is 12.1 Å². The van der Waals surface area contributed by atoms with Gasteiger partial charge in [-0.25, -0.2) is 0 Å². The summed E-state index contributed by atoms with van der Waals surface area (Å²) in [7, 11) is 1.95. The number of hydrogen-bond donors (Lipinski definition) is 0. The van der Waals surface area contributed by atoms with Crippen molar-refractivity contribution in [2.24, 2.45) is 7.05 Å². The molecule has 54 valence electrons. The van der Waals surface area contributed by atoms with Crippen molar-refractivity contribution in [3.05, 3.63) is 23.4 Å². The maximum absolute atomic E-state index is 5.84. The van der Waals surface area contributed by atoms with Crippen LogP contribution in [-0.4, -0.2) is 6.26 Å². The topological polar surface area (TPSA) is 3.88 Å². The zero-order chi connectivity index (χ0) is 7.56. The highest BCUT2D eigenvalue weighted by molar-refractivity contribution is 7.98. The number of nitrogens with zero attached hydrogens (tertiary/aromatic N) is 1. The lowest BCUT2D eigenvalue weighted by Gasteiger charge is -1.94. The van der Waals surface area contributed by atoms with Gasteiger partial charge in [-0.1, -0.05) is 11.8 Å². The largest absolute Gasteiger partial charge is 0.275 e. The summed E-state index contributed by atoms with van der Waals surface area (Å²) in [6, 6.07) is 5.87. The molecule has 0 aliphatic carbocycles. The second-order valence-electron chi connectivity index (χ2n) is 1.95. The Hall–Kier alpha value is -0.210. The van der Waals surface area contributed by atoms with Crippen LogP contribution < -0.4 is 4.57 Å². The Kier molecular flexibility index (Phi) is 2.57. The monoisotopic (exact) mass is 174 g/mol. The lowest BCUT2D eigenvalue weighted by atomic mass is 10.5. The van der Waals surface area contributed by atoms with Gasteiger partial charge >= 0.3 is 0 Å². The van der Waals surface area contributed by atoms with Gasteiger partial charge in [-0.05, 0) is 23.9 Å². The molecule has 0 aromatic carbocycles. The Morgan fingerprint density at radius 2 is 2.20 bits per heavy atom. The van der Waals surface area contributed by atoms with Crippen LogP contribution in [0.15, 0.2) is 23.2 Å². The third kappa shape index (κ3) is 1.44. The second-order valence-corrected chi connectivity index (χ2v) is 3.16. The van der Waals surface area contributed by atoms with Gasteiger partial charge in [0.2, 0.25) is 5.03 Å². The van der Waals surface area contributed by atoms with E-state index in [1.54, 1.807) is 11.8 Å². The van der Waals surface area contributed by atoms with Crippen molar-refractivity contribution in [3.8, 4) is 0 Å². The van der Waals surface area contributed by atoms with Crippen molar-refractivity contribution < 1.29 is 4.57 Å². The normalized spacial score (nSPS) is 9.90. The molecule has 0 saturated carbocycles. The average molecular weight is 175 g/mol. The zero-order valence-corrected chi connectivity index (χ0v) is 7.54.